The maximum atomic E-state index is 10.9. The summed E-state index contributed by atoms with van der Waals surface area (Å²) in [4.78, 5) is 2.00. The van der Waals surface area contributed by atoms with E-state index in [9.17, 15) is 15.8 Å². The van der Waals surface area contributed by atoms with Crippen molar-refractivity contribution in [2.75, 3.05) is 19.0 Å². The molecule has 3 aromatic carbocycles. The van der Waals surface area contributed by atoms with Gasteiger partial charge in [0.2, 0.25) is 0 Å². The van der Waals surface area contributed by atoms with Crippen LogP contribution in [0.5, 0.6) is 0 Å². The van der Waals surface area contributed by atoms with E-state index in [0.29, 0.717) is 0 Å². The molecule has 35 heavy (non-hydrogen) atoms. The third-order valence-corrected chi connectivity index (χ3v) is 8.35. The lowest BCUT2D eigenvalue weighted by Gasteiger charge is -2.64. The Morgan fingerprint density at radius 2 is 1.00 bits per heavy atom. The molecule has 0 saturated heterocycles. The Bertz CT molecular complexity index is 1490. The molecule has 2 bridgehead atoms. The minimum atomic E-state index is -1.73. The second-order valence-electron chi connectivity index (χ2n) is 9.87. The van der Waals surface area contributed by atoms with Crippen LogP contribution in [0.3, 0.4) is 0 Å². The van der Waals surface area contributed by atoms with Gasteiger partial charge >= 0.3 is 0 Å². The Kier molecular flexibility index (Phi) is 4.61. The lowest BCUT2D eigenvalue weighted by Crippen LogP contribution is -2.69. The second-order valence-corrected chi connectivity index (χ2v) is 9.87. The molecule has 3 aromatic rings. The van der Waals surface area contributed by atoms with E-state index in [1.54, 1.807) is 0 Å². The van der Waals surface area contributed by atoms with Crippen LogP contribution in [0, 0.1) is 56.7 Å². The van der Waals surface area contributed by atoms with Crippen molar-refractivity contribution >= 4 is 5.69 Å². The van der Waals surface area contributed by atoms with Crippen molar-refractivity contribution in [1.29, 1.82) is 15.8 Å². The van der Waals surface area contributed by atoms with Crippen LogP contribution in [0.25, 0.3) is 0 Å². The van der Waals surface area contributed by atoms with Gasteiger partial charge < -0.3 is 4.90 Å². The molecule has 3 aliphatic rings. The molecule has 3 aliphatic carbocycles. The van der Waals surface area contributed by atoms with E-state index in [-0.39, 0.29) is 0 Å². The number of hydrogen-bond acceptors (Lipinski definition) is 4. The highest BCUT2D eigenvalue weighted by Gasteiger charge is 2.79. The molecule has 4 nitrogen and oxygen atoms in total. The average molecular weight is 453 g/mol. The van der Waals surface area contributed by atoms with Crippen LogP contribution in [0.4, 0.5) is 5.69 Å². The van der Waals surface area contributed by atoms with E-state index >= 15 is 0 Å². The molecule has 1 unspecified atom stereocenters. The molecule has 0 N–H and O–H groups in total. The summed E-state index contributed by atoms with van der Waals surface area (Å²) in [5.74, 6) is 6.44. The molecule has 0 spiro atoms. The molecule has 0 heterocycles. The van der Waals surface area contributed by atoms with Gasteiger partial charge in [0.25, 0.3) is 0 Å². The summed E-state index contributed by atoms with van der Waals surface area (Å²) in [5, 5.41) is 32.4. The van der Waals surface area contributed by atoms with Crippen molar-refractivity contribution in [3.05, 3.63) is 101 Å². The maximum Gasteiger partial charge on any atom is 0.187 e. The molecular weight excluding hydrogens is 428 g/mol. The molecular formula is C31H24N4. The van der Waals surface area contributed by atoms with Gasteiger partial charge in [0.1, 0.15) is 0 Å². The quantitative estimate of drug-likeness (QED) is 0.471. The highest BCUT2D eigenvalue weighted by molar-refractivity contribution is 5.73. The van der Waals surface area contributed by atoms with E-state index in [1.165, 1.54) is 0 Å². The lowest BCUT2D eigenvalue weighted by atomic mass is 9.31. The number of hydrogen-bond donors (Lipinski definition) is 0. The standard InChI is InChI=1S/C31H24N4/c1-28-24-9-5-7-11-26(24)29(2,27-12-8-6-10-25(27)28)31(20-33,21-34)30(28,19-32)18-17-22-13-15-23(16-14-22)35(3)4/h5-16H,1-4H3. The second kappa shape index (κ2) is 7.24. The SMILES string of the molecule is CN(C)c1ccc(C#CC2(C#N)C3(C)c4ccccc4C(C)(c4ccccc43)C2(C#N)C#N)cc1. The van der Waals surface area contributed by atoms with Crippen molar-refractivity contribution in [2.24, 2.45) is 10.8 Å². The van der Waals surface area contributed by atoms with Crippen molar-refractivity contribution in [3.63, 3.8) is 0 Å². The summed E-state index contributed by atoms with van der Waals surface area (Å²) in [6.07, 6.45) is 0. The van der Waals surface area contributed by atoms with Gasteiger partial charge in [-0.1, -0.05) is 60.4 Å². The monoisotopic (exact) mass is 452 g/mol. The van der Waals surface area contributed by atoms with E-state index in [4.69, 9.17) is 0 Å². The average Bonchev–Trinajstić information content (AvgIpc) is 2.90. The zero-order valence-corrected chi connectivity index (χ0v) is 20.2. The molecule has 0 amide bonds. The Hall–Kier alpha value is -4.51. The number of nitriles is 3. The number of fused-ring (bicyclic) bond motifs is 1. The number of rotatable bonds is 1. The summed E-state index contributed by atoms with van der Waals surface area (Å²) in [5.41, 5.74) is 0.0981. The first-order valence-corrected chi connectivity index (χ1v) is 11.5. The third-order valence-electron chi connectivity index (χ3n) is 8.35. The smallest absolute Gasteiger partial charge is 0.187 e. The minimum absolute atomic E-state index is 0.728. The first-order chi connectivity index (χ1) is 16.8. The zero-order chi connectivity index (χ0) is 25.1. The summed E-state index contributed by atoms with van der Waals surface area (Å²) in [6.45, 7) is 3.90. The molecule has 0 radical (unpaired) electrons. The van der Waals surface area contributed by atoms with Gasteiger partial charge in [0, 0.05) is 25.3 Å². The molecule has 0 fully saturated rings. The van der Waals surface area contributed by atoms with E-state index < -0.39 is 21.7 Å². The largest absolute Gasteiger partial charge is 0.378 e. The molecule has 0 aliphatic heterocycles. The summed E-state index contributed by atoms with van der Waals surface area (Å²) < 4.78 is 0. The number of benzene rings is 3. The number of anilines is 1. The minimum Gasteiger partial charge on any atom is -0.378 e. The fourth-order valence-electron chi connectivity index (χ4n) is 6.43. The zero-order valence-electron chi connectivity index (χ0n) is 20.2. The van der Waals surface area contributed by atoms with Gasteiger partial charge in [0.05, 0.1) is 29.0 Å². The van der Waals surface area contributed by atoms with E-state index in [1.807, 2.05) is 106 Å². The highest BCUT2D eigenvalue weighted by Crippen LogP contribution is 2.73. The maximum absolute atomic E-state index is 10.9. The van der Waals surface area contributed by atoms with Crippen LogP contribution in [0.1, 0.15) is 41.7 Å². The Morgan fingerprint density at radius 1 is 0.600 bits per heavy atom. The normalized spacial score (nSPS) is 26.5. The first-order valence-electron chi connectivity index (χ1n) is 11.5. The predicted molar refractivity (Wildman–Crippen MR) is 135 cm³/mol. The van der Waals surface area contributed by atoms with Crippen molar-refractivity contribution in [3.8, 4) is 30.0 Å². The fourth-order valence-corrected chi connectivity index (χ4v) is 6.43. The van der Waals surface area contributed by atoms with Gasteiger partial charge in [-0.05, 0) is 60.4 Å². The van der Waals surface area contributed by atoms with Gasteiger partial charge in [-0.3, -0.25) is 0 Å². The molecule has 6 rings (SSSR count). The summed E-state index contributed by atoms with van der Waals surface area (Å²) in [6, 6.07) is 30.7. The van der Waals surface area contributed by atoms with Gasteiger partial charge in [-0.15, -0.1) is 0 Å². The third kappa shape index (κ3) is 2.34. The van der Waals surface area contributed by atoms with Crippen molar-refractivity contribution in [1.82, 2.24) is 0 Å². The molecule has 168 valence electrons. The molecule has 0 aromatic heterocycles. The van der Waals surface area contributed by atoms with Crippen LogP contribution < -0.4 is 4.90 Å². The molecule has 1 atom stereocenters. The van der Waals surface area contributed by atoms with Crippen molar-refractivity contribution < 1.29 is 0 Å². The summed E-state index contributed by atoms with van der Waals surface area (Å²) in [7, 11) is 3.93. The van der Waals surface area contributed by atoms with E-state index in [0.717, 1.165) is 33.5 Å². The van der Waals surface area contributed by atoms with Gasteiger partial charge in [0.15, 0.2) is 10.8 Å². The van der Waals surface area contributed by atoms with E-state index in [2.05, 4.69) is 30.0 Å². The van der Waals surface area contributed by atoms with Crippen LogP contribution >= 0.6 is 0 Å². The Labute approximate surface area is 206 Å². The number of nitrogens with zero attached hydrogens (tertiary/aromatic N) is 4. The van der Waals surface area contributed by atoms with Gasteiger partial charge in [-0.2, -0.15) is 15.8 Å². The lowest BCUT2D eigenvalue weighted by molar-refractivity contribution is 0.0817. The van der Waals surface area contributed by atoms with Gasteiger partial charge in [-0.25, -0.2) is 0 Å². The van der Waals surface area contributed by atoms with Crippen LogP contribution in [0.15, 0.2) is 72.8 Å². The van der Waals surface area contributed by atoms with Crippen LogP contribution in [-0.2, 0) is 10.8 Å². The summed E-state index contributed by atoms with van der Waals surface area (Å²) >= 11 is 0. The first kappa shape index (κ1) is 22.3. The Morgan fingerprint density at radius 3 is 1.37 bits per heavy atom. The highest BCUT2D eigenvalue weighted by atomic mass is 15.1. The van der Waals surface area contributed by atoms with Crippen molar-refractivity contribution in [2.45, 2.75) is 24.7 Å². The fraction of sp³-hybridized carbons (Fsp3) is 0.258. The Balaban J connectivity index is 1.91. The molecule has 0 saturated carbocycles. The van der Waals surface area contributed by atoms with Crippen LogP contribution in [0.2, 0.25) is 0 Å². The van der Waals surface area contributed by atoms with Crippen LogP contribution in [-0.4, -0.2) is 14.1 Å². The molecule has 4 heteroatoms. The topological polar surface area (TPSA) is 74.6 Å². The predicted octanol–water partition coefficient (Wildman–Crippen LogP) is 5.29.